The number of nitrogens with zero attached hydrogens (tertiary/aromatic N) is 3. The molecular formula is C26H28FN3O. The minimum Gasteiger partial charge on any atom is -0.369 e. The fourth-order valence-corrected chi connectivity index (χ4v) is 3.95. The molecule has 0 aliphatic carbocycles. The average molecular weight is 418 g/mol. The smallest absolute Gasteiger partial charge is 0.237 e. The number of amides is 1. The molecule has 5 heteroatoms. The largest absolute Gasteiger partial charge is 0.369 e. The highest BCUT2D eigenvalue weighted by molar-refractivity contribution is 5.78. The van der Waals surface area contributed by atoms with Gasteiger partial charge in [-0.1, -0.05) is 60.7 Å². The summed E-state index contributed by atoms with van der Waals surface area (Å²) in [6.07, 6.45) is 0. The first kappa shape index (κ1) is 21.1. The highest BCUT2D eigenvalue weighted by Gasteiger charge is 2.22. The summed E-state index contributed by atoms with van der Waals surface area (Å²) in [5, 5.41) is 0. The van der Waals surface area contributed by atoms with Crippen LogP contribution in [0.1, 0.15) is 11.1 Å². The van der Waals surface area contributed by atoms with Gasteiger partial charge in [-0.2, -0.15) is 0 Å². The van der Waals surface area contributed by atoms with Crippen LogP contribution >= 0.6 is 0 Å². The molecule has 3 aromatic rings. The van der Waals surface area contributed by atoms with Gasteiger partial charge >= 0.3 is 0 Å². The van der Waals surface area contributed by atoms with Crippen molar-refractivity contribution >= 4 is 11.6 Å². The molecule has 4 rings (SSSR count). The Kier molecular flexibility index (Phi) is 6.95. The van der Waals surface area contributed by atoms with Gasteiger partial charge in [0.2, 0.25) is 5.91 Å². The van der Waals surface area contributed by atoms with Gasteiger partial charge in [-0.25, -0.2) is 4.39 Å². The molecule has 1 aliphatic heterocycles. The van der Waals surface area contributed by atoms with E-state index in [1.54, 1.807) is 0 Å². The molecule has 0 unspecified atom stereocenters. The van der Waals surface area contributed by atoms with Crippen LogP contribution in [-0.4, -0.2) is 48.4 Å². The summed E-state index contributed by atoms with van der Waals surface area (Å²) >= 11 is 0. The molecule has 0 radical (unpaired) electrons. The van der Waals surface area contributed by atoms with Crippen LogP contribution in [0.5, 0.6) is 0 Å². The van der Waals surface area contributed by atoms with E-state index in [9.17, 15) is 9.18 Å². The Hall–Kier alpha value is -3.18. The Labute approximate surface area is 183 Å². The SMILES string of the molecule is O=C(CN1CCN(c2ccc(F)cc2)CC1)N(Cc1ccccc1)Cc1ccccc1. The first-order valence-electron chi connectivity index (χ1n) is 10.8. The molecule has 1 saturated heterocycles. The molecule has 0 aromatic heterocycles. The summed E-state index contributed by atoms with van der Waals surface area (Å²) in [5.41, 5.74) is 3.29. The lowest BCUT2D eigenvalue weighted by molar-refractivity contribution is -0.133. The number of rotatable bonds is 7. The number of piperazine rings is 1. The van der Waals surface area contributed by atoms with Crippen molar-refractivity contribution in [3.05, 3.63) is 102 Å². The average Bonchev–Trinajstić information content (AvgIpc) is 2.81. The molecule has 3 aromatic carbocycles. The third-order valence-corrected chi connectivity index (χ3v) is 5.71. The molecule has 31 heavy (non-hydrogen) atoms. The third-order valence-electron chi connectivity index (χ3n) is 5.71. The zero-order valence-corrected chi connectivity index (χ0v) is 17.7. The van der Waals surface area contributed by atoms with Gasteiger partial charge in [0, 0.05) is 45.0 Å². The standard InChI is InChI=1S/C26H28FN3O/c27-24-11-13-25(14-12-24)29-17-15-28(16-18-29)21-26(31)30(19-22-7-3-1-4-8-22)20-23-9-5-2-6-10-23/h1-14H,15-21H2. The van der Waals surface area contributed by atoms with Crippen LogP contribution in [-0.2, 0) is 17.9 Å². The van der Waals surface area contributed by atoms with Crippen molar-refractivity contribution in [3.8, 4) is 0 Å². The summed E-state index contributed by atoms with van der Waals surface area (Å²) in [5.74, 6) is -0.0761. The van der Waals surface area contributed by atoms with Crippen LogP contribution in [0.25, 0.3) is 0 Å². The molecule has 1 heterocycles. The Bertz CT molecular complexity index is 913. The predicted molar refractivity (Wildman–Crippen MR) is 122 cm³/mol. The molecular weight excluding hydrogens is 389 g/mol. The van der Waals surface area contributed by atoms with Crippen LogP contribution < -0.4 is 4.90 Å². The monoisotopic (exact) mass is 417 g/mol. The highest BCUT2D eigenvalue weighted by Crippen LogP contribution is 2.17. The van der Waals surface area contributed by atoms with E-state index in [1.165, 1.54) is 12.1 Å². The van der Waals surface area contributed by atoms with E-state index >= 15 is 0 Å². The van der Waals surface area contributed by atoms with E-state index in [0.717, 1.165) is 43.0 Å². The second kappa shape index (κ2) is 10.2. The first-order chi connectivity index (χ1) is 15.2. The minimum atomic E-state index is -0.218. The predicted octanol–water partition coefficient (Wildman–Crippen LogP) is 4.18. The van der Waals surface area contributed by atoms with Crippen molar-refractivity contribution in [2.45, 2.75) is 13.1 Å². The van der Waals surface area contributed by atoms with Gasteiger partial charge in [-0.3, -0.25) is 9.69 Å². The van der Waals surface area contributed by atoms with Crippen LogP contribution in [0, 0.1) is 5.82 Å². The van der Waals surface area contributed by atoms with Crippen molar-refractivity contribution in [2.24, 2.45) is 0 Å². The maximum absolute atomic E-state index is 13.2. The number of halogens is 1. The van der Waals surface area contributed by atoms with E-state index in [2.05, 4.69) is 34.1 Å². The first-order valence-corrected chi connectivity index (χ1v) is 10.8. The van der Waals surface area contributed by atoms with Gasteiger partial charge in [0.1, 0.15) is 5.82 Å². The second-order valence-corrected chi connectivity index (χ2v) is 7.96. The quantitative estimate of drug-likeness (QED) is 0.577. The molecule has 0 spiro atoms. The van der Waals surface area contributed by atoms with E-state index in [1.807, 2.05) is 53.4 Å². The topological polar surface area (TPSA) is 26.8 Å². The molecule has 4 nitrogen and oxygen atoms in total. The molecule has 1 aliphatic rings. The minimum absolute atomic E-state index is 0.142. The van der Waals surface area contributed by atoms with Gasteiger partial charge in [0.15, 0.2) is 0 Å². The van der Waals surface area contributed by atoms with Crippen molar-refractivity contribution < 1.29 is 9.18 Å². The second-order valence-electron chi connectivity index (χ2n) is 7.96. The summed E-state index contributed by atoms with van der Waals surface area (Å²) in [4.78, 5) is 19.6. The van der Waals surface area contributed by atoms with E-state index in [-0.39, 0.29) is 11.7 Å². The number of benzene rings is 3. The summed E-state index contributed by atoms with van der Waals surface area (Å²) in [7, 11) is 0. The van der Waals surface area contributed by atoms with Crippen LogP contribution in [0.4, 0.5) is 10.1 Å². The Morgan fingerprint density at radius 3 is 1.77 bits per heavy atom. The van der Waals surface area contributed by atoms with Gasteiger partial charge in [0.05, 0.1) is 6.54 Å². The fraction of sp³-hybridized carbons (Fsp3) is 0.269. The third kappa shape index (κ3) is 5.92. The van der Waals surface area contributed by atoms with Gasteiger partial charge < -0.3 is 9.80 Å². The number of hydrogen-bond acceptors (Lipinski definition) is 3. The lowest BCUT2D eigenvalue weighted by Crippen LogP contribution is -2.50. The summed E-state index contributed by atoms with van der Waals surface area (Å²) < 4.78 is 13.2. The lowest BCUT2D eigenvalue weighted by Gasteiger charge is -2.36. The molecule has 1 fully saturated rings. The molecule has 1 amide bonds. The molecule has 160 valence electrons. The van der Waals surface area contributed by atoms with Crippen LogP contribution in [0.3, 0.4) is 0 Å². The van der Waals surface area contributed by atoms with E-state index in [4.69, 9.17) is 0 Å². The van der Waals surface area contributed by atoms with Crippen molar-refractivity contribution in [3.63, 3.8) is 0 Å². The fourth-order valence-electron chi connectivity index (χ4n) is 3.95. The van der Waals surface area contributed by atoms with Crippen molar-refractivity contribution in [2.75, 3.05) is 37.6 Å². The number of carbonyl (C=O) groups is 1. The Balaban J connectivity index is 1.37. The van der Waals surface area contributed by atoms with Gasteiger partial charge in [-0.15, -0.1) is 0 Å². The maximum atomic E-state index is 13.2. The molecule has 0 saturated carbocycles. The van der Waals surface area contributed by atoms with E-state index in [0.29, 0.717) is 19.6 Å². The summed E-state index contributed by atoms with van der Waals surface area (Å²) in [6, 6.07) is 26.9. The van der Waals surface area contributed by atoms with Gasteiger partial charge in [0.25, 0.3) is 0 Å². The van der Waals surface area contributed by atoms with Crippen LogP contribution in [0.15, 0.2) is 84.9 Å². The normalized spacial score (nSPS) is 14.4. The van der Waals surface area contributed by atoms with Crippen molar-refractivity contribution in [1.29, 1.82) is 0 Å². The Morgan fingerprint density at radius 2 is 1.26 bits per heavy atom. The number of hydrogen-bond donors (Lipinski definition) is 0. The zero-order chi connectivity index (χ0) is 21.5. The summed E-state index contributed by atoms with van der Waals surface area (Å²) in [6.45, 7) is 4.90. The molecule has 0 N–H and O–H groups in total. The Morgan fingerprint density at radius 1 is 0.742 bits per heavy atom. The number of carbonyl (C=O) groups excluding carboxylic acids is 1. The zero-order valence-electron chi connectivity index (χ0n) is 17.7. The molecule has 0 atom stereocenters. The number of anilines is 1. The van der Waals surface area contributed by atoms with Gasteiger partial charge in [-0.05, 0) is 35.4 Å². The van der Waals surface area contributed by atoms with Crippen LogP contribution in [0.2, 0.25) is 0 Å². The lowest BCUT2D eigenvalue weighted by atomic mass is 10.1. The van der Waals surface area contributed by atoms with Crippen molar-refractivity contribution in [1.82, 2.24) is 9.80 Å². The highest BCUT2D eigenvalue weighted by atomic mass is 19.1. The molecule has 0 bridgehead atoms. The van der Waals surface area contributed by atoms with E-state index < -0.39 is 0 Å². The maximum Gasteiger partial charge on any atom is 0.237 e.